The average molecular weight is 327 g/mol. The molecule has 0 N–H and O–H groups in total. The van der Waals surface area contributed by atoms with E-state index >= 15 is 0 Å². The highest BCUT2D eigenvalue weighted by molar-refractivity contribution is 7.99. The van der Waals surface area contributed by atoms with Gasteiger partial charge < -0.3 is 4.90 Å². The molecule has 2 aliphatic rings. The fourth-order valence-electron chi connectivity index (χ4n) is 3.37. The van der Waals surface area contributed by atoms with E-state index in [1.807, 2.05) is 30.3 Å². The largest absolute Gasteiger partial charge is 0.302 e. The van der Waals surface area contributed by atoms with Crippen molar-refractivity contribution in [2.75, 3.05) is 25.4 Å². The molecule has 2 fully saturated rings. The van der Waals surface area contributed by atoms with Crippen molar-refractivity contribution in [3.05, 3.63) is 41.6 Å². The van der Waals surface area contributed by atoms with Gasteiger partial charge in [-0.15, -0.1) is 0 Å². The molecule has 1 unspecified atom stereocenters. The van der Waals surface area contributed by atoms with Gasteiger partial charge in [0, 0.05) is 24.6 Å². The number of hydrogen-bond donors (Lipinski definition) is 0. The molecule has 3 nitrogen and oxygen atoms in total. The SMILES string of the molecule is C(#Cc1ccccc1)CSc1nsnc1[C@@H]1CN2CC[C@H]1C2. The summed E-state index contributed by atoms with van der Waals surface area (Å²) in [5.74, 6) is 8.59. The van der Waals surface area contributed by atoms with Crippen molar-refractivity contribution in [2.24, 2.45) is 5.92 Å². The summed E-state index contributed by atoms with van der Waals surface area (Å²) >= 11 is 3.08. The lowest BCUT2D eigenvalue weighted by Gasteiger charge is -2.20. The number of benzene rings is 1. The highest BCUT2D eigenvalue weighted by Crippen LogP contribution is 2.41. The van der Waals surface area contributed by atoms with Crippen molar-refractivity contribution in [1.82, 2.24) is 13.6 Å². The maximum absolute atomic E-state index is 4.59. The molecule has 4 rings (SSSR count). The Labute approximate surface area is 139 Å². The molecule has 22 heavy (non-hydrogen) atoms. The molecule has 1 aromatic carbocycles. The first-order chi connectivity index (χ1) is 10.9. The van der Waals surface area contributed by atoms with Crippen LogP contribution in [-0.4, -0.2) is 39.0 Å². The van der Waals surface area contributed by atoms with Crippen molar-refractivity contribution < 1.29 is 0 Å². The minimum Gasteiger partial charge on any atom is -0.302 e. The fourth-order valence-corrected chi connectivity index (χ4v) is 4.88. The Hall–Kier alpha value is -1.35. The average Bonchev–Trinajstić information content (AvgIpc) is 3.28. The Morgan fingerprint density at radius 2 is 2.14 bits per heavy atom. The minimum absolute atomic E-state index is 0.595. The quantitative estimate of drug-likeness (QED) is 0.640. The van der Waals surface area contributed by atoms with E-state index in [1.54, 1.807) is 11.8 Å². The predicted octanol–water partition coefficient (Wildman–Crippen LogP) is 3.10. The Kier molecular flexibility index (Phi) is 4.15. The molecule has 5 heteroatoms. The molecule has 2 saturated heterocycles. The van der Waals surface area contributed by atoms with Gasteiger partial charge in [0.05, 0.1) is 23.2 Å². The molecule has 0 spiro atoms. The fraction of sp³-hybridized carbons (Fsp3) is 0.412. The maximum Gasteiger partial charge on any atom is 0.134 e. The standard InChI is InChI=1S/C17H17N3S2/c1-2-5-13(6-3-1)7-4-10-21-17-16(18-22-19-17)15-12-20-9-8-14(15)11-20/h1-3,5-6,14-15H,8-12H2/t14-,15+/m0/s1. The van der Waals surface area contributed by atoms with E-state index in [0.29, 0.717) is 5.92 Å². The number of aromatic nitrogens is 2. The summed E-state index contributed by atoms with van der Waals surface area (Å²) in [6.45, 7) is 3.68. The van der Waals surface area contributed by atoms with Crippen LogP contribution in [0.3, 0.4) is 0 Å². The van der Waals surface area contributed by atoms with Gasteiger partial charge in [-0.3, -0.25) is 0 Å². The normalized spacial score (nSPS) is 25.9. The van der Waals surface area contributed by atoms with Crippen LogP contribution < -0.4 is 0 Å². The minimum atomic E-state index is 0.595. The topological polar surface area (TPSA) is 29.0 Å². The Bertz CT molecular complexity index is 701. The molecule has 0 radical (unpaired) electrons. The molecule has 1 aromatic heterocycles. The highest BCUT2D eigenvalue weighted by Gasteiger charge is 2.41. The molecule has 2 aromatic rings. The van der Waals surface area contributed by atoms with Gasteiger partial charge in [-0.25, -0.2) is 0 Å². The van der Waals surface area contributed by atoms with E-state index in [9.17, 15) is 0 Å². The van der Waals surface area contributed by atoms with Gasteiger partial charge in [-0.1, -0.05) is 41.8 Å². The van der Waals surface area contributed by atoms with Crippen LogP contribution in [-0.2, 0) is 0 Å². The summed E-state index contributed by atoms with van der Waals surface area (Å²) in [6, 6.07) is 10.1. The molecule has 3 heterocycles. The molecule has 0 aliphatic carbocycles. The van der Waals surface area contributed by atoms with Crippen LogP contribution in [0, 0.1) is 17.8 Å². The first-order valence-corrected chi connectivity index (χ1v) is 9.33. The number of piperidine rings is 1. The van der Waals surface area contributed by atoms with Crippen molar-refractivity contribution in [3.8, 4) is 11.8 Å². The lowest BCUT2D eigenvalue weighted by atomic mass is 9.90. The van der Waals surface area contributed by atoms with E-state index < -0.39 is 0 Å². The second-order valence-electron chi connectivity index (χ2n) is 5.83. The molecular weight excluding hydrogens is 310 g/mol. The molecule has 0 amide bonds. The summed E-state index contributed by atoms with van der Waals surface area (Å²) in [5.41, 5.74) is 2.30. The van der Waals surface area contributed by atoms with E-state index in [-0.39, 0.29) is 0 Å². The Morgan fingerprint density at radius 3 is 2.91 bits per heavy atom. The van der Waals surface area contributed by atoms with Crippen LogP contribution in [0.2, 0.25) is 0 Å². The summed E-state index contributed by atoms with van der Waals surface area (Å²) < 4.78 is 9.08. The van der Waals surface area contributed by atoms with Gasteiger partial charge in [0.1, 0.15) is 5.03 Å². The van der Waals surface area contributed by atoms with Crippen LogP contribution >= 0.6 is 23.5 Å². The van der Waals surface area contributed by atoms with Gasteiger partial charge in [-0.05, 0) is 31.0 Å². The van der Waals surface area contributed by atoms with Crippen molar-refractivity contribution in [1.29, 1.82) is 0 Å². The third kappa shape index (κ3) is 2.91. The van der Waals surface area contributed by atoms with Crippen LogP contribution in [0.4, 0.5) is 0 Å². The van der Waals surface area contributed by atoms with Crippen molar-refractivity contribution >= 4 is 23.5 Å². The van der Waals surface area contributed by atoms with Crippen LogP contribution in [0.1, 0.15) is 23.6 Å². The number of thioether (sulfide) groups is 1. The number of nitrogens with zero attached hydrogens (tertiary/aromatic N) is 3. The van der Waals surface area contributed by atoms with Crippen LogP contribution in [0.15, 0.2) is 35.4 Å². The summed E-state index contributed by atoms with van der Waals surface area (Å²) in [6.07, 6.45) is 1.32. The van der Waals surface area contributed by atoms with Gasteiger partial charge in [0.15, 0.2) is 0 Å². The van der Waals surface area contributed by atoms with Gasteiger partial charge in [0.25, 0.3) is 0 Å². The van der Waals surface area contributed by atoms with Crippen LogP contribution in [0.25, 0.3) is 0 Å². The first-order valence-electron chi connectivity index (χ1n) is 7.61. The van der Waals surface area contributed by atoms with E-state index in [0.717, 1.165) is 22.3 Å². The van der Waals surface area contributed by atoms with E-state index in [1.165, 1.54) is 43.5 Å². The molecule has 2 bridgehead atoms. The molecular formula is C17H17N3S2. The summed E-state index contributed by atoms with van der Waals surface area (Å²) in [4.78, 5) is 2.55. The zero-order valence-electron chi connectivity index (χ0n) is 12.2. The van der Waals surface area contributed by atoms with Crippen LogP contribution in [0.5, 0.6) is 0 Å². The summed E-state index contributed by atoms with van der Waals surface area (Å²) in [7, 11) is 0. The zero-order chi connectivity index (χ0) is 14.8. The van der Waals surface area contributed by atoms with E-state index in [2.05, 4.69) is 25.5 Å². The van der Waals surface area contributed by atoms with Gasteiger partial charge in [-0.2, -0.15) is 8.75 Å². The monoisotopic (exact) mass is 327 g/mol. The molecule has 2 aliphatic heterocycles. The third-order valence-corrected chi connectivity index (χ3v) is 5.97. The number of rotatable bonds is 3. The first kappa shape index (κ1) is 14.3. The molecule has 112 valence electrons. The lowest BCUT2D eigenvalue weighted by Crippen LogP contribution is -2.22. The Morgan fingerprint density at radius 1 is 1.23 bits per heavy atom. The predicted molar refractivity (Wildman–Crippen MR) is 91.2 cm³/mol. The van der Waals surface area contributed by atoms with Gasteiger partial charge in [0.2, 0.25) is 0 Å². The summed E-state index contributed by atoms with van der Waals surface area (Å²) in [5, 5.41) is 1.10. The van der Waals surface area contributed by atoms with Crippen molar-refractivity contribution in [3.63, 3.8) is 0 Å². The highest BCUT2D eigenvalue weighted by atomic mass is 32.2. The maximum atomic E-state index is 4.59. The third-order valence-electron chi connectivity index (χ3n) is 4.45. The smallest absolute Gasteiger partial charge is 0.134 e. The molecule has 0 saturated carbocycles. The van der Waals surface area contributed by atoms with Crippen molar-refractivity contribution in [2.45, 2.75) is 17.4 Å². The second kappa shape index (κ2) is 6.41. The second-order valence-corrected chi connectivity index (χ2v) is 7.32. The van der Waals surface area contributed by atoms with Gasteiger partial charge >= 0.3 is 0 Å². The zero-order valence-corrected chi connectivity index (χ0v) is 13.9. The van der Waals surface area contributed by atoms with E-state index in [4.69, 9.17) is 0 Å². The lowest BCUT2D eigenvalue weighted by molar-refractivity contribution is 0.342. The number of hydrogen-bond acceptors (Lipinski definition) is 5. The number of fused-ring (bicyclic) bond motifs is 2. The molecule has 3 atom stereocenters. The Balaban J connectivity index is 1.40.